The van der Waals surface area contributed by atoms with E-state index in [0.29, 0.717) is 19.7 Å². The highest BCUT2D eigenvalue weighted by atomic mass is 16.5. The summed E-state index contributed by atoms with van der Waals surface area (Å²) in [6.07, 6.45) is 0. The summed E-state index contributed by atoms with van der Waals surface area (Å²) in [5.41, 5.74) is 11.6. The molecule has 0 aliphatic carbocycles. The molecule has 20 heavy (non-hydrogen) atoms. The van der Waals surface area contributed by atoms with Crippen molar-refractivity contribution in [1.29, 1.82) is 0 Å². The zero-order valence-corrected chi connectivity index (χ0v) is 11.2. The summed E-state index contributed by atoms with van der Waals surface area (Å²) in [5.74, 6) is -0.581. The smallest absolute Gasteiger partial charge is 0.243 e. The van der Waals surface area contributed by atoms with Crippen LogP contribution in [-0.2, 0) is 9.53 Å². The Balaban J connectivity index is 2.41. The number of ether oxygens (including phenoxy) is 1. The summed E-state index contributed by atoms with van der Waals surface area (Å²) < 4.78 is 5.02. The zero-order valence-electron chi connectivity index (χ0n) is 11.2. The predicted octanol–water partition coefficient (Wildman–Crippen LogP) is -0.392. The van der Waals surface area contributed by atoms with Gasteiger partial charge >= 0.3 is 0 Å². The summed E-state index contributed by atoms with van der Waals surface area (Å²) in [5, 5.41) is 15.0. The quantitative estimate of drug-likeness (QED) is 0.161. The van der Waals surface area contributed by atoms with Gasteiger partial charge in [-0.3, -0.25) is 4.79 Å². The molecule has 1 rings (SSSR count). The molecular formula is C13H20N4O3. The van der Waals surface area contributed by atoms with Crippen LogP contribution in [-0.4, -0.2) is 43.3 Å². The molecule has 1 aromatic carbocycles. The lowest BCUT2D eigenvalue weighted by molar-refractivity contribution is -0.122. The van der Waals surface area contributed by atoms with Crippen molar-refractivity contribution in [2.24, 2.45) is 16.6 Å². The van der Waals surface area contributed by atoms with Gasteiger partial charge in [-0.25, -0.2) is 0 Å². The molecule has 1 unspecified atom stereocenters. The number of hydrogen-bond acceptors (Lipinski definition) is 5. The molecule has 0 radical (unpaired) electrons. The summed E-state index contributed by atoms with van der Waals surface area (Å²) in [4.78, 5) is 10.5. The van der Waals surface area contributed by atoms with E-state index in [0.717, 1.165) is 5.56 Å². The van der Waals surface area contributed by atoms with Crippen molar-refractivity contribution >= 4 is 11.7 Å². The molecule has 1 amide bonds. The normalized spacial score (nSPS) is 13.1. The molecule has 7 nitrogen and oxygen atoms in total. The van der Waals surface area contributed by atoms with Gasteiger partial charge in [0.1, 0.15) is 12.4 Å². The number of primary amides is 1. The Morgan fingerprint density at radius 2 is 2.05 bits per heavy atom. The van der Waals surface area contributed by atoms with Crippen molar-refractivity contribution < 1.29 is 14.7 Å². The zero-order chi connectivity index (χ0) is 14.8. The fourth-order valence-corrected chi connectivity index (χ4v) is 1.71. The Morgan fingerprint density at radius 3 is 2.65 bits per heavy atom. The minimum Gasteiger partial charge on any atom is -0.409 e. The average molecular weight is 280 g/mol. The third-order valence-corrected chi connectivity index (χ3v) is 2.69. The van der Waals surface area contributed by atoms with Crippen LogP contribution in [0.2, 0.25) is 0 Å². The molecule has 0 aromatic heterocycles. The van der Waals surface area contributed by atoms with Gasteiger partial charge in [0.15, 0.2) is 0 Å². The third kappa shape index (κ3) is 5.68. The number of amides is 1. The van der Waals surface area contributed by atoms with E-state index in [-0.39, 0.29) is 18.4 Å². The lowest BCUT2D eigenvalue weighted by atomic mass is 9.98. The maximum atomic E-state index is 10.5. The number of oxime groups is 1. The van der Waals surface area contributed by atoms with Crippen molar-refractivity contribution in [3.8, 4) is 0 Å². The van der Waals surface area contributed by atoms with E-state index in [1.54, 1.807) is 0 Å². The van der Waals surface area contributed by atoms with Crippen LogP contribution in [0.25, 0.3) is 0 Å². The Labute approximate surface area is 117 Å². The standard InChI is InChI=1S/C13H20N4O3/c14-12(18)9-20-7-6-16-8-11(13(15)17-19)10-4-2-1-3-5-10/h1-5,11,16,19H,6-9H2,(H2,14,18)(H2,15,17). The topological polar surface area (TPSA) is 123 Å². The van der Waals surface area contributed by atoms with Crippen molar-refractivity contribution in [3.05, 3.63) is 35.9 Å². The van der Waals surface area contributed by atoms with Gasteiger partial charge in [0.05, 0.1) is 12.5 Å². The van der Waals surface area contributed by atoms with Gasteiger partial charge in [-0.05, 0) is 5.56 Å². The first-order valence-electron chi connectivity index (χ1n) is 6.24. The summed E-state index contributed by atoms with van der Waals surface area (Å²) in [6.45, 7) is 1.31. The van der Waals surface area contributed by atoms with Gasteiger partial charge in [0.2, 0.25) is 5.91 Å². The minimum atomic E-state index is -0.496. The van der Waals surface area contributed by atoms with E-state index in [1.165, 1.54) is 0 Å². The van der Waals surface area contributed by atoms with Gasteiger partial charge < -0.3 is 26.7 Å². The van der Waals surface area contributed by atoms with Gasteiger partial charge in [-0.1, -0.05) is 35.5 Å². The molecule has 110 valence electrons. The SMILES string of the molecule is NC(=O)COCCNCC(/C(N)=N/O)c1ccccc1. The van der Waals surface area contributed by atoms with Gasteiger partial charge in [0, 0.05) is 13.1 Å². The maximum Gasteiger partial charge on any atom is 0.243 e. The summed E-state index contributed by atoms with van der Waals surface area (Å²) >= 11 is 0. The molecule has 1 aromatic rings. The number of nitrogens with two attached hydrogens (primary N) is 2. The van der Waals surface area contributed by atoms with Crippen molar-refractivity contribution in [3.63, 3.8) is 0 Å². The van der Waals surface area contributed by atoms with Gasteiger partial charge in [0.25, 0.3) is 0 Å². The molecule has 6 N–H and O–H groups in total. The second-order valence-corrected chi connectivity index (χ2v) is 4.21. The highest BCUT2D eigenvalue weighted by Crippen LogP contribution is 2.14. The van der Waals surface area contributed by atoms with E-state index in [2.05, 4.69) is 10.5 Å². The highest BCUT2D eigenvalue weighted by molar-refractivity contribution is 5.87. The van der Waals surface area contributed by atoms with E-state index in [4.69, 9.17) is 21.4 Å². The molecule has 0 aliphatic rings. The molecule has 0 heterocycles. The van der Waals surface area contributed by atoms with Crippen LogP contribution in [0.1, 0.15) is 11.5 Å². The number of carbonyl (C=O) groups excluding carboxylic acids is 1. The van der Waals surface area contributed by atoms with E-state index < -0.39 is 5.91 Å². The molecule has 0 aliphatic heterocycles. The first kappa shape index (κ1) is 15.9. The van der Waals surface area contributed by atoms with Crippen LogP contribution < -0.4 is 16.8 Å². The number of carbonyl (C=O) groups is 1. The summed E-state index contributed by atoms with van der Waals surface area (Å²) in [6, 6.07) is 9.51. The fraction of sp³-hybridized carbons (Fsp3) is 0.385. The first-order valence-corrected chi connectivity index (χ1v) is 6.24. The van der Waals surface area contributed by atoms with E-state index >= 15 is 0 Å². The maximum absolute atomic E-state index is 10.5. The molecular weight excluding hydrogens is 260 g/mol. The molecule has 7 heteroatoms. The van der Waals surface area contributed by atoms with Crippen LogP contribution in [0.4, 0.5) is 0 Å². The molecule has 0 fully saturated rings. The largest absolute Gasteiger partial charge is 0.409 e. The number of rotatable bonds is 9. The third-order valence-electron chi connectivity index (χ3n) is 2.69. The highest BCUT2D eigenvalue weighted by Gasteiger charge is 2.15. The molecule has 0 saturated heterocycles. The van der Waals surface area contributed by atoms with Crippen LogP contribution in [0.5, 0.6) is 0 Å². The second-order valence-electron chi connectivity index (χ2n) is 4.21. The van der Waals surface area contributed by atoms with Crippen molar-refractivity contribution in [1.82, 2.24) is 5.32 Å². The van der Waals surface area contributed by atoms with Crippen LogP contribution in [0, 0.1) is 0 Å². The minimum absolute atomic E-state index is 0.0932. The lowest BCUT2D eigenvalue weighted by Crippen LogP contribution is -2.33. The number of amidine groups is 1. The predicted molar refractivity (Wildman–Crippen MR) is 75.5 cm³/mol. The first-order chi connectivity index (χ1) is 9.65. The Bertz CT molecular complexity index is 437. The van der Waals surface area contributed by atoms with E-state index in [9.17, 15) is 4.79 Å². The Hall–Kier alpha value is -2.12. The van der Waals surface area contributed by atoms with Crippen molar-refractivity contribution in [2.45, 2.75) is 5.92 Å². The van der Waals surface area contributed by atoms with Gasteiger partial charge in [-0.2, -0.15) is 0 Å². The van der Waals surface area contributed by atoms with Crippen LogP contribution >= 0.6 is 0 Å². The number of nitrogens with zero attached hydrogens (tertiary/aromatic N) is 1. The number of nitrogens with one attached hydrogen (secondary N) is 1. The Morgan fingerprint density at radius 1 is 1.35 bits per heavy atom. The van der Waals surface area contributed by atoms with Gasteiger partial charge in [-0.15, -0.1) is 0 Å². The lowest BCUT2D eigenvalue weighted by Gasteiger charge is -2.16. The molecule has 0 saturated carbocycles. The summed E-state index contributed by atoms with van der Waals surface area (Å²) in [7, 11) is 0. The van der Waals surface area contributed by atoms with E-state index in [1.807, 2.05) is 30.3 Å². The number of benzene rings is 1. The number of hydrogen-bond donors (Lipinski definition) is 4. The van der Waals surface area contributed by atoms with Crippen molar-refractivity contribution in [2.75, 3.05) is 26.3 Å². The molecule has 0 bridgehead atoms. The van der Waals surface area contributed by atoms with Crippen LogP contribution in [0.3, 0.4) is 0 Å². The fourth-order valence-electron chi connectivity index (χ4n) is 1.71. The average Bonchev–Trinajstić information content (AvgIpc) is 2.46. The second kappa shape index (κ2) is 8.89. The monoisotopic (exact) mass is 280 g/mol. The molecule has 1 atom stereocenters. The Kier molecular flexibility index (Phi) is 7.08. The van der Waals surface area contributed by atoms with Crippen LogP contribution in [0.15, 0.2) is 35.5 Å². The molecule has 0 spiro atoms.